The Balaban J connectivity index is 0.000000257. The van der Waals surface area contributed by atoms with Gasteiger partial charge in [0.15, 0.2) is 0 Å². The topological polar surface area (TPSA) is 81.1 Å². The normalized spacial score (nSPS) is 17.6. The highest BCUT2D eigenvalue weighted by Gasteiger charge is 2.39. The van der Waals surface area contributed by atoms with Crippen molar-refractivity contribution in [3.63, 3.8) is 0 Å². The molecule has 1 amide bonds. The van der Waals surface area contributed by atoms with Gasteiger partial charge in [-0.3, -0.25) is 4.79 Å². The van der Waals surface area contributed by atoms with Crippen LogP contribution in [0.2, 0.25) is 5.02 Å². The van der Waals surface area contributed by atoms with E-state index in [1.54, 1.807) is 26.1 Å². The van der Waals surface area contributed by atoms with Gasteiger partial charge in [0.2, 0.25) is 0 Å². The molecule has 1 fully saturated rings. The fraction of sp³-hybridized carbons (Fsp3) is 0.333. The highest BCUT2D eigenvalue weighted by Crippen LogP contribution is 2.52. The van der Waals surface area contributed by atoms with Crippen LogP contribution >= 0.6 is 11.6 Å². The summed E-state index contributed by atoms with van der Waals surface area (Å²) in [5.41, 5.74) is 7.46. The first-order chi connectivity index (χ1) is 16.1. The summed E-state index contributed by atoms with van der Waals surface area (Å²) in [5, 5.41) is 10.6. The standard InChI is InChI=1S/C19H18FN3O2.C8H9Cl/c1-19(2,25)4-3-10-7-14-13(8-15(10)20)11-5-12(6-11)23-9-16(17(21)24)22-18(14)23;1-2-7-5-3-4-6-8(7)9/h7-9,11-12,25H,5-6H2,1-2H3,(H2,21,24);3-6H,2H2,1H3. The molecule has 6 rings (SSSR count). The summed E-state index contributed by atoms with van der Waals surface area (Å²) in [4.78, 5) is 15.9. The minimum atomic E-state index is -1.21. The first-order valence-electron chi connectivity index (χ1n) is 11.3. The number of carbonyl (C=O) groups is 1. The highest BCUT2D eigenvalue weighted by molar-refractivity contribution is 6.31. The SMILES string of the molecule is CC(C)(O)C#Cc1cc2c(cc1F)C1CC(C1)n1cc(C(N)=O)nc1-2.CCc1ccccc1Cl. The number of amides is 1. The van der Waals surface area contributed by atoms with E-state index in [1.165, 1.54) is 11.6 Å². The summed E-state index contributed by atoms with van der Waals surface area (Å²) in [6, 6.07) is 11.3. The number of hydrogen-bond donors (Lipinski definition) is 2. The van der Waals surface area contributed by atoms with Crippen molar-refractivity contribution < 1.29 is 14.3 Å². The molecule has 2 aliphatic heterocycles. The lowest BCUT2D eigenvalue weighted by Crippen LogP contribution is -2.22. The minimum Gasteiger partial charge on any atom is -0.378 e. The number of aryl methyl sites for hydroxylation is 1. The Morgan fingerprint density at radius 3 is 2.62 bits per heavy atom. The Bertz CT molecular complexity index is 1310. The Morgan fingerprint density at radius 1 is 1.32 bits per heavy atom. The summed E-state index contributed by atoms with van der Waals surface area (Å²) < 4.78 is 16.5. The Morgan fingerprint density at radius 2 is 2.03 bits per heavy atom. The minimum absolute atomic E-state index is 0.204. The van der Waals surface area contributed by atoms with Gasteiger partial charge in [0, 0.05) is 22.8 Å². The second kappa shape index (κ2) is 9.25. The average Bonchev–Trinajstić information content (AvgIpc) is 3.09. The van der Waals surface area contributed by atoms with Crippen LogP contribution in [0.4, 0.5) is 4.39 Å². The third-order valence-corrected chi connectivity index (χ3v) is 6.52. The average molecular weight is 480 g/mol. The zero-order valence-corrected chi connectivity index (χ0v) is 20.2. The number of aliphatic hydroxyl groups is 1. The van der Waals surface area contributed by atoms with Crippen molar-refractivity contribution >= 4 is 17.5 Å². The molecular weight excluding hydrogens is 453 g/mol. The molecule has 3 heterocycles. The number of benzene rings is 2. The number of hydrogen-bond acceptors (Lipinski definition) is 3. The third kappa shape index (κ3) is 4.86. The number of carbonyl (C=O) groups excluding carboxylic acids is 1. The van der Waals surface area contributed by atoms with E-state index in [4.69, 9.17) is 17.3 Å². The molecule has 1 aromatic heterocycles. The molecule has 3 N–H and O–H groups in total. The number of nitrogens with zero attached hydrogens (tertiary/aromatic N) is 2. The summed E-state index contributed by atoms with van der Waals surface area (Å²) in [7, 11) is 0. The zero-order valence-electron chi connectivity index (χ0n) is 19.4. The molecule has 1 saturated carbocycles. The fourth-order valence-electron chi connectivity index (χ4n) is 4.28. The quantitative estimate of drug-likeness (QED) is 0.493. The molecule has 176 valence electrons. The predicted molar refractivity (Wildman–Crippen MR) is 131 cm³/mol. The molecule has 3 aromatic rings. The van der Waals surface area contributed by atoms with Gasteiger partial charge in [-0.05, 0) is 68.4 Å². The van der Waals surface area contributed by atoms with Crippen LogP contribution in [0.5, 0.6) is 0 Å². The molecular formula is C27H27ClFN3O2. The van der Waals surface area contributed by atoms with E-state index in [1.807, 2.05) is 28.8 Å². The highest BCUT2D eigenvalue weighted by atomic mass is 35.5. The monoisotopic (exact) mass is 479 g/mol. The molecule has 2 aromatic carbocycles. The lowest BCUT2D eigenvalue weighted by Gasteiger charge is -2.34. The van der Waals surface area contributed by atoms with Gasteiger partial charge in [0.1, 0.15) is 22.9 Å². The summed E-state index contributed by atoms with van der Waals surface area (Å²) in [6.45, 7) is 5.19. The van der Waals surface area contributed by atoms with Crippen molar-refractivity contribution in [3.05, 3.63) is 75.8 Å². The molecule has 34 heavy (non-hydrogen) atoms. The number of halogens is 2. The van der Waals surface area contributed by atoms with E-state index in [-0.39, 0.29) is 23.2 Å². The molecule has 0 saturated heterocycles. The van der Waals surface area contributed by atoms with Crippen molar-refractivity contribution in [2.45, 2.75) is 57.6 Å². The van der Waals surface area contributed by atoms with Crippen LogP contribution in [0, 0.1) is 17.7 Å². The number of rotatable bonds is 2. The van der Waals surface area contributed by atoms with Gasteiger partial charge in [-0.1, -0.05) is 48.6 Å². The Kier molecular flexibility index (Phi) is 6.53. The first-order valence-corrected chi connectivity index (χ1v) is 11.7. The lowest BCUT2D eigenvalue weighted by atomic mass is 9.75. The van der Waals surface area contributed by atoms with Gasteiger partial charge in [-0.15, -0.1) is 0 Å². The molecule has 0 atom stereocenters. The number of aromatic nitrogens is 2. The van der Waals surface area contributed by atoms with E-state index in [0.717, 1.165) is 35.4 Å². The van der Waals surface area contributed by atoms with Gasteiger partial charge in [-0.2, -0.15) is 0 Å². The molecule has 2 bridgehead atoms. The van der Waals surface area contributed by atoms with E-state index >= 15 is 0 Å². The van der Waals surface area contributed by atoms with Gasteiger partial charge in [-0.25, -0.2) is 9.37 Å². The Labute approximate surface area is 203 Å². The fourth-order valence-corrected chi connectivity index (χ4v) is 4.55. The van der Waals surface area contributed by atoms with Gasteiger partial charge >= 0.3 is 0 Å². The van der Waals surface area contributed by atoms with E-state index in [9.17, 15) is 14.3 Å². The maximum atomic E-state index is 14.5. The maximum Gasteiger partial charge on any atom is 0.268 e. The van der Waals surface area contributed by atoms with Gasteiger partial charge < -0.3 is 15.4 Å². The van der Waals surface area contributed by atoms with Crippen molar-refractivity contribution in [1.29, 1.82) is 0 Å². The molecule has 1 aliphatic carbocycles. The molecule has 7 heteroatoms. The summed E-state index contributed by atoms with van der Waals surface area (Å²) in [6.07, 6.45) is 4.48. The number of imidazole rings is 1. The van der Waals surface area contributed by atoms with Crippen LogP contribution in [-0.2, 0) is 6.42 Å². The van der Waals surface area contributed by atoms with E-state index < -0.39 is 17.3 Å². The van der Waals surface area contributed by atoms with Crippen molar-refractivity contribution in [2.75, 3.05) is 0 Å². The predicted octanol–water partition coefficient (Wildman–Crippen LogP) is 5.25. The van der Waals surface area contributed by atoms with Crippen LogP contribution in [0.25, 0.3) is 11.4 Å². The van der Waals surface area contributed by atoms with Crippen LogP contribution in [0.15, 0.2) is 42.6 Å². The molecule has 0 spiro atoms. The van der Waals surface area contributed by atoms with Crippen molar-refractivity contribution in [3.8, 4) is 23.2 Å². The lowest BCUT2D eigenvalue weighted by molar-refractivity contribution is 0.0995. The third-order valence-electron chi connectivity index (χ3n) is 6.15. The summed E-state index contributed by atoms with van der Waals surface area (Å²) >= 11 is 5.82. The number of nitrogens with two attached hydrogens (primary N) is 1. The maximum absolute atomic E-state index is 14.5. The molecule has 3 aliphatic rings. The number of primary amides is 1. The Hall–Kier alpha value is -3.14. The van der Waals surface area contributed by atoms with Gasteiger partial charge in [0.25, 0.3) is 5.91 Å². The van der Waals surface area contributed by atoms with Crippen LogP contribution in [0.1, 0.15) is 72.8 Å². The van der Waals surface area contributed by atoms with Crippen LogP contribution in [0.3, 0.4) is 0 Å². The summed E-state index contributed by atoms with van der Waals surface area (Å²) in [5.74, 6) is 5.26. The van der Waals surface area contributed by atoms with E-state index in [2.05, 4.69) is 23.7 Å². The van der Waals surface area contributed by atoms with E-state index in [0.29, 0.717) is 5.82 Å². The molecule has 5 nitrogen and oxygen atoms in total. The molecule has 0 unspecified atom stereocenters. The first kappa shape index (κ1) is 24.0. The van der Waals surface area contributed by atoms with Crippen molar-refractivity contribution in [2.24, 2.45) is 5.73 Å². The second-order valence-electron chi connectivity index (χ2n) is 9.22. The van der Waals surface area contributed by atoms with Gasteiger partial charge in [0.05, 0.1) is 5.56 Å². The second-order valence-corrected chi connectivity index (χ2v) is 9.62. The molecule has 0 radical (unpaired) electrons. The van der Waals surface area contributed by atoms with Crippen LogP contribution < -0.4 is 5.73 Å². The van der Waals surface area contributed by atoms with Crippen LogP contribution in [-0.4, -0.2) is 26.2 Å². The zero-order chi connectivity index (χ0) is 24.6. The smallest absolute Gasteiger partial charge is 0.268 e. The largest absolute Gasteiger partial charge is 0.378 e. The van der Waals surface area contributed by atoms with Crippen molar-refractivity contribution in [1.82, 2.24) is 9.55 Å².